The van der Waals surface area contributed by atoms with Crippen LogP contribution in [0.2, 0.25) is 0 Å². The van der Waals surface area contributed by atoms with Gasteiger partial charge in [-0.1, -0.05) is 38.8 Å². The summed E-state index contributed by atoms with van der Waals surface area (Å²) in [4.78, 5) is 11.4. The highest BCUT2D eigenvalue weighted by atomic mass is 16.7. The van der Waals surface area contributed by atoms with Crippen molar-refractivity contribution in [1.29, 1.82) is 0 Å². The first-order chi connectivity index (χ1) is 13.1. The van der Waals surface area contributed by atoms with Crippen LogP contribution in [0.5, 0.6) is 0 Å². The molecule has 3 aliphatic rings. The van der Waals surface area contributed by atoms with E-state index in [-0.39, 0.29) is 12.0 Å². The molecule has 1 aliphatic heterocycles. The molecule has 0 spiro atoms. The second-order valence-electron chi connectivity index (χ2n) is 9.26. The molecule has 7 heteroatoms. The quantitative estimate of drug-likeness (QED) is 0.531. The fourth-order valence-electron chi connectivity index (χ4n) is 5.53. The Morgan fingerprint density at radius 1 is 1.18 bits per heavy atom. The molecule has 10 atom stereocenters. The molecule has 2 aliphatic carbocycles. The van der Waals surface area contributed by atoms with E-state index in [4.69, 9.17) is 9.47 Å². The molecular weight excluding hydrogens is 364 g/mol. The minimum Gasteiger partial charge on any atom is -0.479 e. The predicted octanol–water partition coefficient (Wildman–Crippen LogP) is 1.55. The topological polar surface area (TPSA) is 116 Å². The lowest BCUT2D eigenvalue weighted by molar-refractivity contribution is -0.307. The summed E-state index contributed by atoms with van der Waals surface area (Å²) < 4.78 is 11.5. The van der Waals surface area contributed by atoms with Crippen LogP contribution in [0.4, 0.5) is 0 Å². The van der Waals surface area contributed by atoms with Crippen LogP contribution in [0.15, 0.2) is 11.6 Å². The number of aliphatic hydroxyl groups excluding tert-OH is 3. The molecule has 3 rings (SSSR count). The standard InChI is InChI=1S/C21H34O7/c1-9(2)12-6-5-11(4)15-13(12)7-10(3)8-14(15)27-21-18(24)16(22)17(23)19(28-21)20(25)26/h8-9,11-19,21-24H,5-7H2,1-4H3,(H,25,26)/t11-,12-,13-,14-,15-,16?,17?,18?,19?,21?/m0/s1. The van der Waals surface area contributed by atoms with Crippen molar-refractivity contribution >= 4 is 5.97 Å². The Kier molecular flexibility index (Phi) is 6.51. The molecule has 7 nitrogen and oxygen atoms in total. The summed E-state index contributed by atoms with van der Waals surface area (Å²) in [7, 11) is 0. The molecule has 28 heavy (non-hydrogen) atoms. The van der Waals surface area contributed by atoms with Gasteiger partial charge in [-0.05, 0) is 49.4 Å². The van der Waals surface area contributed by atoms with E-state index in [0.717, 1.165) is 12.8 Å². The van der Waals surface area contributed by atoms with Gasteiger partial charge in [-0.2, -0.15) is 0 Å². The highest BCUT2D eigenvalue weighted by molar-refractivity contribution is 5.73. The molecule has 4 N–H and O–H groups in total. The summed E-state index contributed by atoms with van der Waals surface area (Å²) in [5.74, 6) is 0.897. The third kappa shape index (κ3) is 4.00. The van der Waals surface area contributed by atoms with E-state index in [9.17, 15) is 25.2 Å². The maximum atomic E-state index is 11.4. The zero-order valence-corrected chi connectivity index (χ0v) is 17.1. The maximum Gasteiger partial charge on any atom is 0.335 e. The third-order valence-corrected chi connectivity index (χ3v) is 7.00. The van der Waals surface area contributed by atoms with Crippen LogP contribution in [0, 0.1) is 29.6 Å². The lowest BCUT2D eigenvalue weighted by Crippen LogP contribution is -2.61. The van der Waals surface area contributed by atoms with Crippen LogP contribution >= 0.6 is 0 Å². The molecule has 1 saturated heterocycles. The van der Waals surface area contributed by atoms with Gasteiger partial charge in [-0.15, -0.1) is 0 Å². The molecule has 1 heterocycles. The first kappa shape index (κ1) is 21.7. The van der Waals surface area contributed by atoms with Gasteiger partial charge >= 0.3 is 5.97 Å². The van der Waals surface area contributed by atoms with E-state index >= 15 is 0 Å². The van der Waals surface area contributed by atoms with Crippen molar-refractivity contribution in [2.45, 2.75) is 83.8 Å². The lowest BCUT2D eigenvalue weighted by atomic mass is 9.58. The molecule has 0 aromatic heterocycles. The summed E-state index contributed by atoms with van der Waals surface area (Å²) in [5, 5.41) is 39.6. The van der Waals surface area contributed by atoms with Gasteiger partial charge in [0, 0.05) is 0 Å². The Morgan fingerprint density at radius 2 is 1.86 bits per heavy atom. The van der Waals surface area contributed by atoms with E-state index in [2.05, 4.69) is 27.7 Å². The van der Waals surface area contributed by atoms with Crippen molar-refractivity contribution in [3.8, 4) is 0 Å². The SMILES string of the molecule is CC1=C[C@H](OC2OC(C(=O)O)C(O)C(O)C2O)[C@@H]2[C@@H](C1)[C@H](C(C)C)CC[C@@H]2C. The van der Waals surface area contributed by atoms with E-state index in [1.807, 2.05) is 6.08 Å². The first-order valence-electron chi connectivity index (χ1n) is 10.4. The Balaban J connectivity index is 1.83. The van der Waals surface area contributed by atoms with Crippen LogP contribution in [-0.2, 0) is 14.3 Å². The smallest absolute Gasteiger partial charge is 0.335 e. The summed E-state index contributed by atoms with van der Waals surface area (Å²) in [5.41, 5.74) is 1.21. The van der Waals surface area contributed by atoms with Gasteiger partial charge in [-0.25, -0.2) is 4.79 Å². The number of rotatable bonds is 4. The normalized spacial score (nSPS) is 46.8. The second kappa shape index (κ2) is 8.40. The van der Waals surface area contributed by atoms with E-state index in [1.165, 1.54) is 12.0 Å². The number of aliphatic carboxylic acids is 1. The molecule has 5 unspecified atom stereocenters. The number of allylic oxidation sites excluding steroid dienone is 1. The molecule has 0 radical (unpaired) electrons. The van der Waals surface area contributed by atoms with E-state index in [0.29, 0.717) is 23.7 Å². The average Bonchev–Trinajstić information content (AvgIpc) is 2.61. The van der Waals surface area contributed by atoms with Crippen LogP contribution in [0.1, 0.15) is 47.0 Å². The fraction of sp³-hybridized carbons (Fsp3) is 0.857. The van der Waals surface area contributed by atoms with E-state index < -0.39 is 36.7 Å². The molecule has 0 bridgehead atoms. The van der Waals surface area contributed by atoms with E-state index in [1.54, 1.807) is 0 Å². The Morgan fingerprint density at radius 3 is 2.46 bits per heavy atom. The molecule has 0 aromatic carbocycles. The molecule has 1 saturated carbocycles. The Labute approximate surface area is 166 Å². The number of carbonyl (C=O) groups is 1. The largest absolute Gasteiger partial charge is 0.479 e. The van der Waals surface area contributed by atoms with Crippen molar-refractivity contribution in [2.75, 3.05) is 0 Å². The predicted molar refractivity (Wildman–Crippen MR) is 101 cm³/mol. The van der Waals surface area contributed by atoms with Gasteiger partial charge in [0.1, 0.15) is 18.3 Å². The molecule has 2 fully saturated rings. The van der Waals surface area contributed by atoms with Crippen LogP contribution < -0.4 is 0 Å². The van der Waals surface area contributed by atoms with Crippen molar-refractivity contribution in [3.63, 3.8) is 0 Å². The second-order valence-corrected chi connectivity index (χ2v) is 9.26. The number of aliphatic hydroxyl groups is 3. The summed E-state index contributed by atoms with van der Waals surface area (Å²) in [6.07, 6.45) is -2.78. The lowest BCUT2D eigenvalue weighted by Gasteiger charge is -2.50. The molecule has 160 valence electrons. The molecule has 0 amide bonds. The molecule has 0 aromatic rings. The van der Waals surface area contributed by atoms with Gasteiger partial charge in [0.15, 0.2) is 12.4 Å². The van der Waals surface area contributed by atoms with Crippen molar-refractivity contribution in [2.24, 2.45) is 29.6 Å². The van der Waals surface area contributed by atoms with Crippen molar-refractivity contribution < 1.29 is 34.7 Å². The van der Waals surface area contributed by atoms with Gasteiger partial charge < -0.3 is 29.9 Å². The van der Waals surface area contributed by atoms with Crippen LogP contribution in [0.3, 0.4) is 0 Å². The maximum absolute atomic E-state index is 11.4. The number of carboxylic acids is 1. The van der Waals surface area contributed by atoms with Crippen molar-refractivity contribution in [1.82, 2.24) is 0 Å². The zero-order chi connectivity index (χ0) is 20.7. The Bertz CT molecular complexity index is 604. The minimum atomic E-state index is -1.71. The van der Waals surface area contributed by atoms with Gasteiger partial charge in [0.2, 0.25) is 0 Å². The van der Waals surface area contributed by atoms with Crippen LogP contribution in [-0.4, -0.2) is 63.2 Å². The average molecular weight is 398 g/mol. The number of hydrogen-bond donors (Lipinski definition) is 4. The van der Waals surface area contributed by atoms with Gasteiger partial charge in [0.05, 0.1) is 6.10 Å². The fourth-order valence-corrected chi connectivity index (χ4v) is 5.53. The minimum absolute atomic E-state index is 0.243. The third-order valence-electron chi connectivity index (χ3n) is 7.00. The molecular formula is C21H34O7. The monoisotopic (exact) mass is 398 g/mol. The van der Waals surface area contributed by atoms with Gasteiger partial charge in [-0.3, -0.25) is 0 Å². The highest BCUT2D eigenvalue weighted by Crippen LogP contribution is 2.50. The number of fused-ring (bicyclic) bond motifs is 1. The number of ether oxygens (including phenoxy) is 2. The summed E-state index contributed by atoms with van der Waals surface area (Å²) >= 11 is 0. The number of carboxylic acid groups (broad SMARTS) is 1. The van der Waals surface area contributed by atoms with Gasteiger partial charge in [0.25, 0.3) is 0 Å². The summed E-state index contributed by atoms with van der Waals surface area (Å²) in [6.45, 7) is 8.80. The zero-order valence-electron chi connectivity index (χ0n) is 17.1. The first-order valence-corrected chi connectivity index (χ1v) is 10.4. The number of hydrogen-bond acceptors (Lipinski definition) is 6. The van der Waals surface area contributed by atoms with Crippen molar-refractivity contribution in [3.05, 3.63) is 11.6 Å². The van der Waals surface area contributed by atoms with Crippen LogP contribution in [0.25, 0.3) is 0 Å². The highest BCUT2D eigenvalue weighted by Gasteiger charge is 2.50. The Hall–Kier alpha value is -0.990. The summed E-state index contributed by atoms with van der Waals surface area (Å²) in [6, 6.07) is 0.